The number of nitrogens with one attached hydrogen (secondary N) is 1. The fourth-order valence-electron chi connectivity index (χ4n) is 3.90. The Morgan fingerprint density at radius 1 is 1.33 bits per heavy atom. The van der Waals surface area contributed by atoms with Crippen LogP contribution in [0.2, 0.25) is 0 Å². The Hall–Kier alpha value is -2.49. The fourth-order valence-corrected chi connectivity index (χ4v) is 4.54. The molecule has 180 valence electrons. The third kappa shape index (κ3) is 6.52. The third-order valence-electron chi connectivity index (χ3n) is 6.00. The second kappa shape index (κ2) is 11.6. The van der Waals surface area contributed by atoms with Gasteiger partial charge in [-0.05, 0) is 31.0 Å². The number of rotatable bonds is 5. The summed E-state index contributed by atoms with van der Waals surface area (Å²) in [7, 11) is 3.46. The quantitative estimate of drug-likeness (QED) is 0.714. The zero-order valence-electron chi connectivity index (χ0n) is 20.0. The van der Waals surface area contributed by atoms with E-state index in [4.69, 9.17) is 9.47 Å². The summed E-state index contributed by atoms with van der Waals surface area (Å²) in [4.78, 5) is 33.7. The Morgan fingerprint density at radius 2 is 2.12 bits per heavy atom. The molecule has 1 aliphatic heterocycles. The van der Waals surface area contributed by atoms with Gasteiger partial charge < -0.3 is 19.7 Å². The lowest BCUT2D eigenvalue weighted by Crippen LogP contribution is -2.46. The van der Waals surface area contributed by atoms with Crippen molar-refractivity contribution in [3.05, 3.63) is 40.3 Å². The molecule has 0 radical (unpaired) electrons. The van der Waals surface area contributed by atoms with E-state index in [9.17, 15) is 9.59 Å². The van der Waals surface area contributed by atoms with E-state index in [0.717, 1.165) is 18.1 Å². The maximum atomic E-state index is 13.3. The number of aromatic nitrogens is 1. The number of nitrogens with zero attached hydrogens (tertiary/aromatic N) is 3. The maximum Gasteiger partial charge on any atom is 0.257 e. The zero-order valence-corrected chi connectivity index (χ0v) is 20.9. The first-order valence-corrected chi connectivity index (χ1v) is 12.2. The van der Waals surface area contributed by atoms with E-state index in [1.54, 1.807) is 55.5 Å². The second-order valence-electron chi connectivity index (χ2n) is 8.57. The average molecular weight is 475 g/mol. The molecule has 1 aliphatic rings. The highest BCUT2D eigenvalue weighted by atomic mass is 32.1. The number of ether oxygens (including phenoxy) is 2. The SMILES string of the molecule is CCC(=O)Nc1ccc2c(c1)C(=O)N(C)C[C@@H](OC)[C@H](C)CN(Cc1nccs1)[C@@H](C)CO2. The van der Waals surface area contributed by atoms with Gasteiger partial charge in [-0.1, -0.05) is 13.8 Å². The van der Waals surface area contributed by atoms with Crippen molar-refractivity contribution in [2.45, 2.75) is 45.9 Å². The first kappa shape index (κ1) is 25.1. The van der Waals surface area contributed by atoms with E-state index in [1.807, 2.05) is 11.6 Å². The minimum absolute atomic E-state index is 0.0911. The minimum atomic E-state index is -0.167. The standard InChI is InChI=1S/C24H34N4O4S/c1-6-22(29)26-18-7-8-20-19(11-18)24(30)27(4)13-21(31-5)16(2)12-28(17(3)15-32-20)14-23-25-9-10-33-23/h7-11,16-17,21H,6,12-15H2,1-5H3,(H,26,29)/t16-,17+,21-/m1/s1. The van der Waals surface area contributed by atoms with Crippen LogP contribution in [0.3, 0.4) is 0 Å². The number of anilines is 1. The summed E-state index contributed by atoms with van der Waals surface area (Å²) in [6, 6.07) is 5.31. The summed E-state index contributed by atoms with van der Waals surface area (Å²) < 4.78 is 12.0. The van der Waals surface area contributed by atoms with Crippen molar-refractivity contribution in [3.8, 4) is 5.75 Å². The first-order chi connectivity index (χ1) is 15.8. The number of methoxy groups -OCH3 is 1. The number of thiazole rings is 1. The van der Waals surface area contributed by atoms with Crippen molar-refractivity contribution < 1.29 is 19.1 Å². The van der Waals surface area contributed by atoms with Crippen LogP contribution in [-0.4, -0.2) is 72.6 Å². The number of fused-ring (bicyclic) bond motifs is 1. The molecule has 0 unspecified atom stereocenters. The molecule has 1 N–H and O–H groups in total. The molecule has 2 amide bonds. The van der Waals surface area contributed by atoms with E-state index >= 15 is 0 Å². The van der Waals surface area contributed by atoms with Crippen molar-refractivity contribution in [3.63, 3.8) is 0 Å². The summed E-state index contributed by atoms with van der Waals surface area (Å²) in [5.74, 6) is 0.413. The van der Waals surface area contributed by atoms with Crippen molar-refractivity contribution in [1.29, 1.82) is 0 Å². The smallest absolute Gasteiger partial charge is 0.257 e. The lowest BCUT2D eigenvalue weighted by molar-refractivity contribution is -0.115. The third-order valence-corrected chi connectivity index (χ3v) is 6.76. The van der Waals surface area contributed by atoms with Gasteiger partial charge in [0.2, 0.25) is 5.91 Å². The molecule has 0 bridgehead atoms. The van der Waals surface area contributed by atoms with Crippen molar-refractivity contribution in [2.24, 2.45) is 5.92 Å². The molecular formula is C24H34N4O4S. The molecule has 3 atom stereocenters. The Morgan fingerprint density at radius 3 is 2.79 bits per heavy atom. The molecule has 0 aliphatic carbocycles. The van der Waals surface area contributed by atoms with Crippen LogP contribution in [0.5, 0.6) is 5.75 Å². The summed E-state index contributed by atoms with van der Waals surface area (Å²) in [5.41, 5.74) is 1.00. The van der Waals surface area contributed by atoms with Gasteiger partial charge >= 0.3 is 0 Å². The fraction of sp³-hybridized carbons (Fsp3) is 0.542. The van der Waals surface area contributed by atoms with Crippen LogP contribution >= 0.6 is 11.3 Å². The van der Waals surface area contributed by atoms with E-state index in [2.05, 4.69) is 29.0 Å². The molecule has 9 heteroatoms. The monoisotopic (exact) mass is 474 g/mol. The lowest BCUT2D eigenvalue weighted by atomic mass is 10.0. The summed E-state index contributed by atoms with van der Waals surface area (Å²) in [6.07, 6.45) is 2.06. The first-order valence-electron chi connectivity index (χ1n) is 11.3. The van der Waals surface area contributed by atoms with Gasteiger partial charge in [0, 0.05) is 57.0 Å². The van der Waals surface area contributed by atoms with E-state index in [1.165, 1.54) is 0 Å². The number of likely N-dealkylation sites (N-methyl/N-ethyl adjacent to an activating group) is 1. The number of amides is 2. The summed E-state index contributed by atoms with van der Waals surface area (Å²) in [5, 5.41) is 5.87. The maximum absolute atomic E-state index is 13.3. The second-order valence-corrected chi connectivity index (χ2v) is 9.54. The van der Waals surface area contributed by atoms with Gasteiger partial charge in [-0.2, -0.15) is 0 Å². The number of carbonyl (C=O) groups is 2. The average Bonchev–Trinajstić information content (AvgIpc) is 3.32. The number of hydrogen-bond acceptors (Lipinski definition) is 7. The zero-order chi connectivity index (χ0) is 24.0. The Labute approximate surface area is 199 Å². The Balaban J connectivity index is 1.93. The minimum Gasteiger partial charge on any atom is -0.491 e. The van der Waals surface area contributed by atoms with E-state index in [0.29, 0.717) is 36.6 Å². The Bertz CT molecular complexity index is 937. The van der Waals surface area contributed by atoms with Crippen molar-refractivity contribution in [2.75, 3.05) is 39.2 Å². The van der Waals surface area contributed by atoms with E-state index in [-0.39, 0.29) is 29.9 Å². The van der Waals surface area contributed by atoms with Crippen LogP contribution in [-0.2, 0) is 16.1 Å². The number of carbonyl (C=O) groups excluding carboxylic acids is 2. The van der Waals surface area contributed by atoms with Crippen LogP contribution in [0.25, 0.3) is 0 Å². The van der Waals surface area contributed by atoms with E-state index < -0.39 is 0 Å². The molecule has 8 nitrogen and oxygen atoms in total. The van der Waals surface area contributed by atoms with Crippen molar-refractivity contribution >= 4 is 28.8 Å². The molecular weight excluding hydrogens is 440 g/mol. The molecule has 0 spiro atoms. The van der Waals surface area contributed by atoms with Gasteiger partial charge in [0.1, 0.15) is 17.4 Å². The molecule has 0 fully saturated rings. The van der Waals surface area contributed by atoms with Crippen LogP contribution in [0.4, 0.5) is 5.69 Å². The highest BCUT2D eigenvalue weighted by Crippen LogP contribution is 2.27. The number of hydrogen-bond donors (Lipinski definition) is 1. The lowest BCUT2D eigenvalue weighted by Gasteiger charge is -2.35. The van der Waals surface area contributed by atoms with Crippen LogP contribution in [0.15, 0.2) is 29.8 Å². The Kier molecular flexibility index (Phi) is 8.82. The summed E-state index contributed by atoms with van der Waals surface area (Å²) in [6.45, 7) is 8.44. The number of benzene rings is 1. The van der Waals surface area contributed by atoms with Crippen LogP contribution in [0, 0.1) is 5.92 Å². The van der Waals surface area contributed by atoms with Gasteiger partial charge in [-0.3, -0.25) is 14.5 Å². The molecule has 1 aromatic heterocycles. The van der Waals surface area contributed by atoms with Crippen LogP contribution < -0.4 is 10.1 Å². The van der Waals surface area contributed by atoms with Crippen LogP contribution in [0.1, 0.15) is 42.6 Å². The molecule has 3 rings (SSSR count). The topological polar surface area (TPSA) is 84.0 Å². The normalized spacial score (nSPS) is 22.6. The molecule has 0 saturated carbocycles. The van der Waals surface area contributed by atoms with Gasteiger partial charge in [-0.25, -0.2) is 4.98 Å². The molecule has 2 heterocycles. The van der Waals surface area contributed by atoms with Gasteiger partial charge in [0.05, 0.1) is 18.2 Å². The molecule has 0 saturated heterocycles. The molecule has 1 aromatic carbocycles. The molecule has 33 heavy (non-hydrogen) atoms. The highest BCUT2D eigenvalue weighted by molar-refractivity contribution is 7.09. The van der Waals surface area contributed by atoms with Crippen molar-refractivity contribution in [1.82, 2.24) is 14.8 Å². The predicted molar refractivity (Wildman–Crippen MR) is 130 cm³/mol. The van der Waals surface area contributed by atoms with Gasteiger partial charge in [0.15, 0.2) is 0 Å². The molecule has 2 aromatic rings. The van der Waals surface area contributed by atoms with Gasteiger partial charge in [0.25, 0.3) is 5.91 Å². The predicted octanol–water partition coefficient (Wildman–Crippen LogP) is 3.50. The highest BCUT2D eigenvalue weighted by Gasteiger charge is 2.28. The summed E-state index contributed by atoms with van der Waals surface area (Å²) >= 11 is 1.64. The van der Waals surface area contributed by atoms with Gasteiger partial charge in [-0.15, -0.1) is 11.3 Å². The largest absolute Gasteiger partial charge is 0.491 e.